The zero-order chi connectivity index (χ0) is 13.4. The Bertz CT molecular complexity index is 734. The highest BCUT2D eigenvalue weighted by Crippen LogP contribution is 2.24. The molecule has 0 unspecified atom stereocenters. The molecule has 3 rings (SSSR count). The standard InChI is InChI=1S/C13H9F2N3O/c14-7-3-8(15)5-10(4-7)17-13-18-11-2-1-9(16)6-12(11)19-13/h1-6H,16H2,(H,17,18). The highest BCUT2D eigenvalue weighted by Gasteiger charge is 2.07. The lowest BCUT2D eigenvalue weighted by atomic mass is 10.3. The van der Waals surface area contributed by atoms with Gasteiger partial charge in [0.1, 0.15) is 17.2 Å². The van der Waals surface area contributed by atoms with Crippen LogP contribution in [0.2, 0.25) is 0 Å². The number of benzene rings is 2. The van der Waals surface area contributed by atoms with E-state index in [9.17, 15) is 8.78 Å². The molecule has 6 heteroatoms. The van der Waals surface area contributed by atoms with Gasteiger partial charge in [-0.05, 0) is 24.3 Å². The zero-order valence-electron chi connectivity index (χ0n) is 9.65. The first-order valence-electron chi connectivity index (χ1n) is 5.49. The van der Waals surface area contributed by atoms with Crippen molar-refractivity contribution < 1.29 is 13.2 Å². The summed E-state index contributed by atoms with van der Waals surface area (Å²) in [5, 5.41) is 2.70. The first kappa shape index (κ1) is 11.5. The molecule has 0 aliphatic carbocycles. The Kier molecular flexibility index (Phi) is 2.56. The molecular weight excluding hydrogens is 252 g/mol. The molecule has 3 aromatic rings. The molecule has 1 heterocycles. The van der Waals surface area contributed by atoms with Crippen LogP contribution in [0.4, 0.5) is 26.2 Å². The van der Waals surface area contributed by atoms with Crippen molar-refractivity contribution in [2.24, 2.45) is 0 Å². The fourth-order valence-electron chi connectivity index (χ4n) is 1.74. The van der Waals surface area contributed by atoms with Gasteiger partial charge in [0.05, 0.1) is 0 Å². The van der Waals surface area contributed by atoms with Crippen LogP contribution in [0.15, 0.2) is 40.8 Å². The molecule has 0 saturated heterocycles. The monoisotopic (exact) mass is 261 g/mol. The van der Waals surface area contributed by atoms with Crippen LogP contribution >= 0.6 is 0 Å². The van der Waals surface area contributed by atoms with E-state index in [1.807, 2.05) is 0 Å². The number of hydrogen-bond donors (Lipinski definition) is 2. The highest BCUT2D eigenvalue weighted by atomic mass is 19.1. The van der Waals surface area contributed by atoms with Crippen molar-refractivity contribution in [3.05, 3.63) is 48.0 Å². The molecule has 0 atom stereocenters. The second kappa shape index (κ2) is 4.24. The molecule has 0 saturated carbocycles. The average Bonchev–Trinajstić information content (AvgIpc) is 2.68. The van der Waals surface area contributed by atoms with Crippen LogP contribution in [0.5, 0.6) is 0 Å². The van der Waals surface area contributed by atoms with Crippen molar-refractivity contribution in [2.75, 3.05) is 11.1 Å². The van der Waals surface area contributed by atoms with Crippen LogP contribution in [0.3, 0.4) is 0 Å². The van der Waals surface area contributed by atoms with Crippen molar-refractivity contribution in [1.82, 2.24) is 4.98 Å². The number of nitrogens with two attached hydrogens (primary N) is 1. The van der Waals surface area contributed by atoms with E-state index in [2.05, 4.69) is 10.3 Å². The Morgan fingerprint density at radius 2 is 1.79 bits per heavy atom. The molecular formula is C13H9F2N3O. The van der Waals surface area contributed by atoms with Gasteiger partial charge in [-0.2, -0.15) is 4.98 Å². The molecule has 0 aliphatic heterocycles. The minimum atomic E-state index is -0.678. The number of anilines is 3. The van der Waals surface area contributed by atoms with Crippen LogP contribution in [-0.4, -0.2) is 4.98 Å². The smallest absolute Gasteiger partial charge is 0.300 e. The van der Waals surface area contributed by atoms with Crippen molar-refractivity contribution in [1.29, 1.82) is 0 Å². The Balaban J connectivity index is 1.96. The summed E-state index contributed by atoms with van der Waals surface area (Å²) in [6, 6.07) is 8.24. The summed E-state index contributed by atoms with van der Waals surface area (Å²) in [6.45, 7) is 0. The van der Waals surface area contributed by atoms with Crippen LogP contribution < -0.4 is 11.1 Å². The van der Waals surface area contributed by atoms with Gasteiger partial charge in [0.2, 0.25) is 0 Å². The van der Waals surface area contributed by atoms with E-state index in [1.54, 1.807) is 18.2 Å². The predicted molar refractivity (Wildman–Crippen MR) is 68.1 cm³/mol. The summed E-state index contributed by atoms with van der Waals surface area (Å²) < 4.78 is 31.5. The molecule has 0 radical (unpaired) electrons. The van der Waals surface area contributed by atoms with E-state index in [1.165, 1.54) is 0 Å². The van der Waals surface area contributed by atoms with Gasteiger partial charge in [-0.25, -0.2) is 8.78 Å². The number of nitrogen functional groups attached to an aromatic ring is 1. The second-order valence-corrected chi connectivity index (χ2v) is 4.03. The molecule has 0 spiro atoms. The Hall–Kier alpha value is -2.63. The number of nitrogens with zero attached hydrogens (tertiary/aromatic N) is 1. The van der Waals surface area contributed by atoms with E-state index in [0.29, 0.717) is 16.8 Å². The third kappa shape index (κ3) is 2.33. The maximum atomic E-state index is 13.0. The molecule has 0 bridgehead atoms. The highest BCUT2D eigenvalue weighted by molar-refractivity contribution is 5.78. The summed E-state index contributed by atoms with van der Waals surface area (Å²) in [5.41, 5.74) is 7.49. The molecule has 3 N–H and O–H groups in total. The summed E-state index contributed by atoms with van der Waals surface area (Å²) in [7, 11) is 0. The fourth-order valence-corrected chi connectivity index (χ4v) is 1.74. The molecule has 0 amide bonds. The number of aromatic nitrogens is 1. The van der Waals surface area contributed by atoms with Crippen molar-refractivity contribution in [3.63, 3.8) is 0 Å². The van der Waals surface area contributed by atoms with Crippen LogP contribution in [0.25, 0.3) is 11.1 Å². The molecule has 19 heavy (non-hydrogen) atoms. The Labute approximate surface area is 106 Å². The summed E-state index contributed by atoms with van der Waals surface area (Å²) >= 11 is 0. The minimum absolute atomic E-state index is 0.144. The quantitative estimate of drug-likeness (QED) is 0.694. The Morgan fingerprint density at radius 1 is 1.05 bits per heavy atom. The van der Waals surface area contributed by atoms with Crippen LogP contribution in [0.1, 0.15) is 0 Å². The first-order chi connectivity index (χ1) is 9.10. The van der Waals surface area contributed by atoms with Gasteiger partial charge in [0, 0.05) is 23.5 Å². The fraction of sp³-hybridized carbons (Fsp3) is 0. The second-order valence-electron chi connectivity index (χ2n) is 4.03. The summed E-state index contributed by atoms with van der Waals surface area (Å²) in [5.74, 6) is -1.36. The van der Waals surface area contributed by atoms with Gasteiger partial charge >= 0.3 is 0 Å². The summed E-state index contributed by atoms with van der Waals surface area (Å²) in [6.07, 6.45) is 0. The third-order valence-electron chi connectivity index (χ3n) is 2.53. The lowest BCUT2D eigenvalue weighted by molar-refractivity contribution is 0.583. The van der Waals surface area contributed by atoms with Gasteiger partial charge in [0.25, 0.3) is 6.01 Å². The van der Waals surface area contributed by atoms with Gasteiger partial charge in [-0.1, -0.05) is 0 Å². The molecule has 4 nitrogen and oxygen atoms in total. The maximum absolute atomic E-state index is 13.0. The normalized spacial score (nSPS) is 10.8. The molecule has 96 valence electrons. The van der Waals surface area contributed by atoms with Gasteiger partial charge in [-0.15, -0.1) is 0 Å². The number of halogens is 2. The van der Waals surface area contributed by atoms with Crippen molar-refractivity contribution in [2.45, 2.75) is 0 Å². The van der Waals surface area contributed by atoms with Gasteiger partial charge in [-0.3, -0.25) is 0 Å². The molecule has 2 aromatic carbocycles. The molecule has 1 aromatic heterocycles. The first-order valence-corrected chi connectivity index (χ1v) is 5.49. The lowest BCUT2D eigenvalue weighted by Gasteiger charge is -2.01. The van der Waals surface area contributed by atoms with Crippen LogP contribution in [-0.2, 0) is 0 Å². The zero-order valence-corrected chi connectivity index (χ0v) is 9.65. The SMILES string of the molecule is Nc1ccc2nc(Nc3cc(F)cc(F)c3)oc2c1. The van der Waals surface area contributed by atoms with E-state index >= 15 is 0 Å². The lowest BCUT2D eigenvalue weighted by Crippen LogP contribution is -1.92. The maximum Gasteiger partial charge on any atom is 0.300 e. The third-order valence-corrected chi connectivity index (χ3v) is 2.53. The topological polar surface area (TPSA) is 64.1 Å². The predicted octanol–water partition coefficient (Wildman–Crippen LogP) is 3.43. The van der Waals surface area contributed by atoms with E-state index in [-0.39, 0.29) is 11.7 Å². The van der Waals surface area contributed by atoms with E-state index in [4.69, 9.17) is 10.2 Å². The van der Waals surface area contributed by atoms with Gasteiger partial charge in [0.15, 0.2) is 5.58 Å². The summed E-state index contributed by atoms with van der Waals surface area (Å²) in [4.78, 5) is 4.13. The largest absolute Gasteiger partial charge is 0.423 e. The number of rotatable bonds is 2. The molecule has 0 aliphatic rings. The number of oxazole rings is 1. The van der Waals surface area contributed by atoms with E-state index in [0.717, 1.165) is 18.2 Å². The minimum Gasteiger partial charge on any atom is -0.423 e. The van der Waals surface area contributed by atoms with Gasteiger partial charge < -0.3 is 15.5 Å². The number of nitrogens with one attached hydrogen (secondary N) is 1. The molecule has 0 fully saturated rings. The van der Waals surface area contributed by atoms with Crippen molar-refractivity contribution >= 4 is 28.5 Å². The number of hydrogen-bond acceptors (Lipinski definition) is 4. The Morgan fingerprint density at radius 3 is 2.53 bits per heavy atom. The number of fused-ring (bicyclic) bond motifs is 1. The average molecular weight is 261 g/mol. The van der Waals surface area contributed by atoms with Crippen LogP contribution in [0, 0.1) is 11.6 Å². The van der Waals surface area contributed by atoms with Crippen molar-refractivity contribution in [3.8, 4) is 0 Å². The van der Waals surface area contributed by atoms with E-state index < -0.39 is 11.6 Å².